The first-order chi connectivity index (χ1) is 10.1. The molecule has 106 valence electrons. The minimum atomic E-state index is -1.19. The number of aromatic nitrogens is 1. The van der Waals surface area contributed by atoms with E-state index in [1.165, 1.54) is 18.3 Å². The zero-order valence-corrected chi connectivity index (χ0v) is 12.4. The maximum Gasteiger partial charge on any atom is 0.356 e. The van der Waals surface area contributed by atoms with Crippen molar-refractivity contribution in [3.8, 4) is 0 Å². The van der Waals surface area contributed by atoms with Gasteiger partial charge >= 0.3 is 5.97 Å². The maximum atomic E-state index is 11.8. The van der Waals surface area contributed by atoms with Crippen LogP contribution in [-0.2, 0) is 4.79 Å². The maximum absolute atomic E-state index is 11.8. The van der Waals surface area contributed by atoms with Crippen molar-refractivity contribution < 1.29 is 14.7 Å². The van der Waals surface area contributed by atoms with Crippen molar-refractivity contribution >= 4 is 39.6 Å². The summed E-state index contributed by atoms with van der Waals surface area (Å²) in [6.45, 7) is 0. The fraction of sp³-hybridized carbons (Fsp3) is 0. The molecule has 0 unspecified atom stereocenters. The lowest BCUT2D eigenvalue weighted by molar-refractivity contribution is -0.111. The van der Waals surface area contributed by atoms with Crippen LogP contribution in [0.3, 0.4) is 0 Å². The molecule has 0 aliphatic carbocycles. The lowest BCUT2D eigenvalue weighted by Crippen LogP contribution is -2.13. The number of hydrogen-bond donors (Lipinski definition) is 2. The molecule has 0 bridgehead atoms. The fourth-order valence-electron chi connectivity index (χ4n) is 1.60. The second-order valence-corrected chi connectivity index (χ2v) is 4.99. The van der Waals surface area contributed by atoms with Crippen LogP contribution >= 0.6 is 15.9 Å². The summed E-state index contributed by atoms with van der Waals surface area (Å²) in [5.74, 6) is -1.61. The van der Waals surface area contributed by atoms with Gasteiger partial charge in [-0.25, -0.2) is 9.78 Å². The quantitative estimate of drug-likeness (QED) is 0.833. The number of carboxylic acid groups (broad SMARTS) is 1. The molecule has 0 spiro atoms. The van der Waals surface area contributed by atoms with Gasteiger partial charge in [0.25, 0.3) is 0 Å². The molecule has 0 saturated carbocycles. The number of carbonyl (C=O) groups is 2. The lowest BCUT2D eigenvalue weighted by atomic mass is 10.2. The molecular weight excluding hydrogens is 336 g/mol. The van der Waals surface area contributed by atoms with Crippen molar-refractivity contribution in [1.29, 1.82) is 0 Å². The van der Waals surface area contributed by atoms with Crippen molar-refractivity contribution in [3.63, 3.8) is 0 Å². The van der Waals surface area contributed by atoms with Gasteiger partial charge in [-0.3, -0.25) is 4.79 Å². The molecule has 1 amide bonds. The number of benzene rings is 1. The molecule has 0 atom stereocenters. The number of aromatic carboxylic acids is 1. The average Bonchev–Trinajstić information content (AvgIpc) is 2.47. The number of nitrogens with one attached hydrogen (secondary N) is 1. The van der Waals surface area contributed by atoms with E-state index in [4.69, 9.17) is 5.11 Å². The third kappa shape index (κ3) is 4.25. The van der Waals surface area contributed by atoms with E-state index in [1.54, 1.807) is 12.1 Å². The number of carboxylic acids is 1. The third-order valence-electron chi connectivity index (χ3n) is 2.57. The highest BCUT2D eigenvalue weighted by atomic mass is 79.9. The molecule has 2 N–H and O–H groups in total. The Morgan fingerprint density at radius 1 is 1.19 bits per heavy atom. The summed E-state index contributed by atoms with van der Waals surface area (Å²) in [4.78, 5) is 26.5. The molecule has 2 rings (SSSR count). The number of rotatable bonds is 4. The number of nitrogens with zero attached hydrogens (tertiary/aromatic N) is 1. The fourth-order valence-corrected chi connectivity index (χ4v) is 1.86. The number of hydrogen-bond acceptors (Lipinski definition) is 3. The van der Waals surface area contributed by atoms with Crippen molar-refractivity contribution in [2.75, 3.05) is 5.32 Å². The monoisotopic (exact) mass is 346 g/mol. The summed E-state index contributed by atoms with van der Waals surface area (Å²) in [6, 6.07) is 10.5. The van der Waals surface area contributed by atoms with Crippen LogP contribution in [0.2, 0.25) is 0 Å². The molecule has 2 aromatic rings. The SMILES string of the molecule is O=C(/C=C/c1ccc(Br)cc1)Nc1cccnc1C(=O)O. The van der Waals surface area contributed by atoms with Gasteiger partial charge in [0.15, 0.2) is 5.69 Å². The molecule has 0 saturated heterocycles. The highest BCUT2D eigenvalue weighted by Crippen LogP contribution is 2.13. The van der Waals surface area contributed by atoms with Crippen LogP contribution in [0.1, 0.15) is 16.1 Å². The predicted molar refractivity (Wildman–Crippen MR) is 83.0 cm³/mol. The van der Waals surface area contributed by atoms with Gasteiger partial charge in [-0.1, -0.05) is 28.1 Å². The highest BCUT2D eigenvalue weighted by molar-refractivity contribution is 9.10. The number of amides is 1. The molecule has 0 aliphatic rings. The molecule has 1 heterocycles. The second-order valence-electron chi connectivity index (χ2n) is 4.08. The van der Waals surface area contributed by atoms with Crippen LogP contribution < -0.4 is 5.32 Å². The molecule has 1 aromatic heterocycles. The predicted octanol–water partition coefficient (Wildman–Crippen LogP) is 3.19. The van der Waals surface area contributed by atoms with E-state index in [-0.39, 0.29) is 11.4 Å². The number of pyridine rings is 1. The van der Waals surface area contributed by atoms with E-state index in [9.17, 15) is 9.59 Å². The Labute approximate surface area is 129 Å². The van der Waals surface area contributed by atoms with Crippen LogP contribution in [0.5, 0.6) is 0 Å². The van der Waals surface area contributed by atoms with Gasteiger partial charge < -0.3 is 10.4 Å². The van der Waals surface area contributed by atoms with E-state index in [2.05, 4.69) is 26.2 Å². The largest absolute Gasteiger partial charge is 0.476 e. The number of carbonyl (C=O) groups excluding carboxylic acids is 1. The van der Waals surface area contributed by atoms with Gasteiger partial charge in [-0.05, 0) is 35.9 Å². The topological polar surface area (TPSA) is 79.3 Å². The van der Waals surface area contributed by atoms with E-state index in [0.29, 0.717) is 0 Å². The minimum Gasteiger partial charge on any atom is -0.476 e. The molecule has 21 heavy (non-hydrogen) atoms. The van der Waals surface area contributed by atoms with Gasteiger partial charge in [0, 0.05) is 16.7 Å². The van der Waals surface area contributed by atoms with E-state index >= 15 is 0 Å². The van der Waals surface area contributed by atoms with Crippen LogP contribution in [0.15, 0.2) is 53.1 Å². The van der Waals surface area contributed by atoms with Gasteiger partial charge in [-0.15, -0.1) is 0 Å². The Morgan fingerprint density at radius 2 is 1.90 bits per heavy atom. The Morgan fingerprint density at radius 3 is 2.57 bits per heavy atom. The Bertz CT molecular complexity index is 696. The molecule has 1 aromatic carbocycles. The third-order valence-corrected chi connectivity index (χ3v) is 3.09. The summed E-state index contributed by atoms with van der Waals surface area (Å²) in [7, 11) is 0. The average molecular weight is 347 g/mol. The van der Waals surface area contributed by atoms with Gasteiger partial charge in [0.1, 0.15) is 0 Å². The minimum absolute atomic E-state index is 0.162. The second kappa shape index (κ2) is 6.81. The van der Waals surface area contributed by atoms with Gasteiger partial charge in [0.05, 0.1) is 5.69 Å². The molecule has 0 aliphatic heterocycles. The molecular formula is C15H11BrN2O3. The van der Waals surface area contributed by atoms with Crippen LogP contribution in [-0.4, -0.2) is 22.0 Å². The van der Waals surface area contributed by atoms with Crippen molar-refractivity contribution in [2.24, 2.45) is 0 Å². The van der Waals surface area contributed by atoms with Gasteiger partial charge in [0.2, 0.25) is 5.91 Å². The molecule has 0 fully saturated rings. The van der Waals surface area contributed by atoms with E-state index < -0.39 is 11.9 Å². The van der Waals surface area contributed by atoms with Crippen LogP contribution in [0.4, 0.5) is 5.69 Å². The Kier molecular flexibility index (Phi) is 4.84. The summed E-state index contributed by atoms with van der Waals surface area (Å²) < 4.78 is 0.950. The van der Waals surface area contributed by atoms with Crippen LogP contribution in [0.25, 0.3) is 6.08 Å². The highest BCUT2D eigenvalue weighted by Gasteiger charge is 2.11. The van der Waals surface area contributed by atoms with E-state index in [0.717, 1.165) is 10.0 Å². The standard InChI is InChI=1S/C15H11BrN2O3/c16-11-6-3-10(4-7-11)5-8-13(19)18-12-2-1-9-17-14(12)15(20)21/h1-9H,(H,18,19)(H,20,21)/b8-5+. The first-order valence-electron chi connectivity index (χ1n) is 5.99. The first kappa shape index (κ1) is 14.9. The summed E-state index contributed by atoms with van der Waals surface area (Å²) in [5, 5.41) is 11.5. The molecule has 5 nitrogen and oxygen atoms in total. The zero-order chi connectivity index (χ0) is 15.2. The summed E-state index contributed by atoms with van der Waals surface area (Å²) in [6.07, 6.45) is 4.33. The smallest absolute Gasteiger partial charge is 0.356 e. The first-order valence-corrected chi connectivity index (χ1v) is 6.78. The molecule has 6 heteroatoms. The number of anilines is 1. The van der Waals surface area contributed by atoms with Crippen molar-refractivity contribution in [2.45, 2.75) is 0 Å². The van der Waals surface area contributed by atoms with Gasteiger partial charge in [-0.2, -0.15) is 0 Å². The van der Waals surface area contributed by atoms with Crippen molar-refractivity contribution in [1.82, 2.24) is 4.98 Å². The van der Waals surface area contributed by atoms with Crippen molar-refractivity contribution in [3.05, 3.63) is 64.4 Å². The molecule has 0 radical (unpaired) electrons. The summed E-state index contributed by atoms with van der Waals surface area (Å²) in [5.41, 5.74) is 0.830. The normalized spacial score (nSPS) is 10.5. The lowest BCUT2D eigenvalue weighted by Gasteiger charge is -2.04. The number of halogens is 1. The Hall–Kier alpha value is -2.47. The zero-order valence-electron chi connectivity index (χ0n) is 10.8. The summed E-state index contributed by atoms with van der Waals surface area (Å²) >= 11 is 3.33. The Balaban J connectivity index is 2.08. The van der Waals surface area contributed by atoms with E-state index in [1.807, 2.05) is 24.3 Å². The van der Waals surface area contributed by atoms with Crippen LogP contribution in [0, 0.1) is 0 Å².